The molecule has 2 N–H and O–H groups in total. The third-order valence-corrected chi connectivity index (χ3v) is 3.76. The highest BCUT2D eigenvalue weighted by Gasteiger charge is 2.12. The largest absolute Gasteiger partial charge is 0.356 e. The van der Waals surface area contributed by atoms with Crippen LogP contribution >= 0.6 is 24.0 Å². The van der Waals surface area contributed by atoms with Crippen LogP contribution in [0.1, 0.15) is 36.8 Å². The predicted molar refractivity (Wildman–Crippen MR) is 102 cm³/mol. The Labute approximate surface area is 145 Å². The third-order valence-electron chi connectivity index (χ3n) is 3.76. The molecule has 21 heavy (non-hydrogen) atoms. The highest BCUT2D eigenvalue weighted by Crippen LogP contribution is 2.15. The van der Waals surface area contributed by atoms with Crippen LogP contribution in [0.15, 0.2) is 41.4 Å². The van der Waals surface area contributed by atoms with Gasteiger partial charge in [-0.15, -0.1) is 24.0 Å². The number of aliphatic imine (C=N–C) groups is 1. The molecule has 2 rings (SSSR count). The van der Waals surface area contributed by atoms with Crippen molar-refractivity contribution in [3.8, 4) is 0 Å². The Hall–Kier alpha value is -1.04. The molecule has 0 aliphatic heterocycles. The van der Waals surface area contributed by atoms with E-state index in [2.05, 4.69) is 65.9 Å². The van der Waals surface area contributed by atoms with Crippen LogP contribution in [0.25, 0.3) is 0 Å². The number of aryl methyl sites for hydroxylation is 1. The van der Waals surface area contributed by atoms with Gasteiger partial charge < -0.3 is 10.6 Å². The van der Waals surface area contributed by atoms with Crippen LogP contribution in [0.5, 0.6) is 0 Å². The first-order valence-corrected chi connectivity index (χ1v) is 7.38. The van der Waals surface area contributed by atoms with Gasteiger partial charge in [0.1, 0.15) is 0 Å². The topological polar surface area (TPSA) is 36.4 Å². The molecule has 0 radical (unpaired) electrons. The van der Waals surface area contributed by atoms with Crippen molar-refractivity contribution in [1.82, 2.24) is 10.6 Å². The van der Waals surface area contributed by atoms with Crippen molar-refractivity contribution in [3.05, 3.63) is 47.5 Å². The minimum absolute atomic E-state index is 0. The zero-order valence-corrected chi connectivity index (χ0v) is 15.4. The van der Waals surface area contributed by atoms with Gasteiger partial charge in [0.2, 0.25) is 0 Å². The average molecular weight is 399 g/mol. The van der Waals surface area contributed by atoms with Crippen molar-refractivity contribution in [2.75, 3.05) is 13.6 Å². The molecule has 1 atom stereocenters. The maximum Gasteiger partial charge on any atom is 0.191 e. The maximum absolute atomic E-state index is 4.30. The zero-order valence-electron chi connectivity index (χ0n) is 13.1. The second-order valence-corrected chi connectivity index (χ2v) is 5.55. The van der Waals surface area contributed by atoms with Crippen molar-refractivity contribution in [3.63, 3.8) is 0 Å². The summed E-state index contributed by atoms with van der Waals surface area (Å²) in [5.41, 5.74) is 2.68. The Morgan fingerprint density at radius 3 is 2.67 bits per heavy atom. The number of rotatable bonds is 4. The smallest absolute Gasteiger partial charge is 0.191 e. The second-order valence-electron chi connectivity index (χ2n) is 5.55. The van der Waals surface area contributed by atoms with Gasteiger partial charge in [-0.25, -0.2) is 0 Å². The van der Waals surface area contributed by atoms with Crippen molar-refractivity contribution in [2.24, 2.45) is 4.99 Å². The lowest BCUT2D eigenvalue weighted by Gasteiger charge is -2.19. The van der Waals surface area contributed by atoms with Crippen LogP contribution in [0.4, 0.5) is 0 Å². The molecule has 0 heterocycles. The Morgan fingerprint density at radius 1 is 1.33 bits per heavy atom. The van der Waals surface area contributed by atoms with Gasteiger partial charge in [0.15, 0.2) is 5.96 Å². The monoisotopic (exact) mass is 399 g/mol. The van der Waals surface area contributed by atoms with E-state index >= 15 is 0 Å². The van der Waals surface area contributed by atoms with Gasteiger partial charge in [-0.3, -0.25) is 4.99 Å². The molecule has 0 bridgehead atoms. The molecule has 0 fully saturated rings. The summed E-state index contributed by atoms with van der Waals surface area (Å²) in [6, 6.07) is 9.20. The SMILES string of the molecule is CN=C(NCC(C)c1cccc(C)c1)NC1CC=CC1.I. The molecule has 3 nitrogen and oxygen atoms in total. The summed E-state index contributed by atoms with van der Waals surface area (Å²) >= 11 is 0. The second kappa shape index (κ2) is 9.07. The molecule has 4 heteroatoms. The zero-order chi connectivity index (χ0) is 14.4. The van der Waals surface area contributed by atoms with E-state index in [0.717, 1.165) is 25.3 Å². The maximum atomic E-state index is 4.30. The van der Waals surface area contributed by atoms with Crippen molar-refractivity contribution in [2.45, 2.75) is 38.6 Å². The van der Waals surface area contributed by atoms with E-state index in [1.807, 2.05) is 7.05 Å². The summed E-state index contributed by atoms with van der Waals surface area (Å²) in [7, 11) is 1.83. The van der Waals surface area contributed by atoms with E-state index in [1.165, 1.54) is 11.1 Å². The van der Waals surface area contributed by atoms with Crippen molar-refractivity contribution in [1.29, 1.82) is 0 Å². The quantitative estimate of drug-likeness (QED) is 0.351. The standard InChI is InChI=1S/C17H25N3.HI/c1-13-7-6-8-15(11-13)14(2)12-19-17(18-3)20-16-9-4-5-10-16;/h4-8,11,14,16H,9-10,12H2,1-3H3,(H2,18,19,20);1H. The number of nitrogens with one attached hydrogen (secondary N) is 2. The van der Waals surface area contributed by atoms with Crippen LogP contribution in [-0.2, 0) is 0 Å². The highest BCUT2D eigenvalue weighted by atomic mass is 127. The van der Waals surface area contributed by atoms with Gasteiger partial charge in [0.25, 0.3) is 0 Å². The van der Waals surface area contributed by atoms with Gasteiger partial charge in [-0.05, 0) is 31.2 Å². The Balaban J connectivity index is 0.00000220. The van der Waals surface area contributed by atoms with Gasteiger partial charge in [0, 0.05) is 19.6 Å². The first kappa shape index (κ1) is 18.0. The molecular formula is C17H26IN3. The van der Waals surface area contributed by atoms with Gasteiger partial charge in [0.05, 0.1) is 0 Å². The van der Waals surface area contributed by atoms with Crippen LogP contribution < -0.4 is 10.6 Å². The molecule has 0 saturated heterocycles. The summed E-state index contributed by atoms with van der Waals surface area (Å²) in [4.78, 5) is 4.30. The lowest BCUT2D eigenvalue weighted by atomic mass is 9.99. The Bertz CT molecular complexity index is 489. The highest BCUT2D eigenvalue weighted by molar-refractivity contribution is 14.0. The molecule has 0 aromatic heterocycles. The first-order valence-electron chi connectivity index (χ1n) is 7.38. The normalized spacial score (nSPS) is 16.4. The number of guanidine groups is 1. The molecule has 1 aliphatic carbocycles. The predicted octanol–water partition coefficient (Wildman–Crippen LogP) is 3.60. The molecule has 1 aliphatic rings. The fourth-order valence-corrected chi connectivity index (χ4v) is 2.47. The van der Waals surface area contributed by atoms with Crippen molar-refractivity contribution < 1.29 is 0 Å². The lowest BCUT2D eigenvalue weighted by Crippen LogP contribution is -2.43. The Morgan fingerprint density at radius 2 is 2.05 bits per heavy atom. The summed E-state index contributed by atoms with van der Waals surface area (Å²) < 4.78 is 0. The van der Waals surface area contributed by atoms with Crippen LogP contribution in [-0.4, -0.2) is 25.6 Å². The first-order chi connectivity index (χ1) is 9.69. The summed E-state index contributed by atoms with van der Waals surface area (Å²) in [6.07, 6.45) is 6.63. The van der Waals surface area contributed by atoms with Gasteiger partial charge >= 0.3 is 0 Å². The number of hydrogen-bond acceptors (Lipinski definition) is 1. The Kier molecular flexibility index (Phi) is 7.78. The van der Waals surface area contributed by atoms with Gasteiger partial charge in [-0.2, -0.15) is 0 Å². The average Bonchev–Trinajstić information content (AvgIpc) is 2.96. The molecule has 0 spiro atoms. The molecular weight excluding hydrogens is 373 g/mol. The summed E-state index contributed by atoms with van der Waals surface area (Å²) in [5.74, 6) is 1.37. The minimum atomic E-state index is 0. The van der Waals surface area contributed by atoms with Crippen LogP contribution in [0.2, 0.25) is 0 Å². The number of hydrogen-bond donors (Lipinski definition) is 2. The number of benzene rings is 1. The van der Waals surface area contributed by atoms with E-state index in [4.69, 9.17) is 0 Å². The molecule has 116 valence electrons. The van der Waals surface area contributed by atoms with E-state index < -0.39 is 0 Å². The lowest BCUT2D eigenvalue weighted by molar-refractivity contribution is 0.621. The molecule has 0 amide bonds. The minimum Gasteiger partial charge on any atom is -0.356 e. The summed E-state index contributed by atoms with van der Waals surface area (Å²) in [5, 5.41) is 6.89. The van der Waals surface area contributed by atoms with Gasteiger partial charge in [-0.1, -0.05) is 48.9 Å². The van der Waals surface area contributed by atoms with E-state index in [-0.39, 0.29) is 24.0 Å². The van der Waals surface area contributed by atoms with Crippen LogP contribution in [0.3, 0.4) is 0 Å². The fraction of sp³-hybridized carbons (Fsp3) is 0.471. The molecule has 1 unspecified atom stereocenters. The number of halogens is 1. The third kappa shape index (κ3) is 5.69. The fourth-order valence-electron chi connectivity index (χ4n) is 2.47. The molecule has 1 aromatic carbocycles. The van der Waals surface area contributed by atoms with E-state index in [9.17, 15) is 0 Å². The van der Waals surface area contributed by atoms with E-state index in [1.54, 1.807) is 0 Å². The van der Waals surface area contributed by atoms with Crippen molar-refractivity contribution >= 4 is 29.9 Å². The van der Waals surface area contributed by atoms with Crippen LogP contribution in [0, 0.1) is 6.92 Å². The molecule has 0 saturated carbocycles. The molecule has 1 aromatic rings. The van der Waals surface area contributed by atoms with E-state index in [0.29, 0.717) is 12.0 Å². The summed E-state index contributed by atoms with van der Waals surface area (Å²) in [6.45, 7) is 5.27. The number of nitrogens with zero attached hydrogens (tertiary/aromatic N) is 1.